The molecule has 0 aromatic rings. The molecule has 0 aromatic carbocycles. The van der Waals surface area contributed by atoms with Gasteiger partial charge in [-0.05, 0) is 13.8 Å². The first-order valence-electron chi connectivity index (χ1n) is 3.56. The summed E-state index contributed by atoms with van der Waals surface area (Å²) < 4.78 is 4.96. The maximum Gasteiger partial charge on any atom is 0.164 e. The van der Waals surface area contributed by atoms with Gasteiger partial charge in [-0.3, -0.25) is 0 Å². The van der Waals surface area contributed by atoms with Crippen LogP contribution in [0.4, 0.5) is 0 Å². The summed E-state index contributed by atoms with van der Waals surface area (Å²) in [4.78, 5) is 0. The fourth-order valence-corrected chi connectivity index (χ4v) is 0.546. The maximum atomic E-state index is 5.44. The van der Waals surface area contributed by atoms with Crippen molar-refractivity contribution in [1.82, 2.24) is 0 Å². The molecular weight excluding hydrogens is 150 g/mol. The molecule has 0 atom stereocenters. The summed E-state index contributed by atoms with van der Waals surface area (Å²) in [6, 6.07) is 0. The van der Waals surface area contributed by atoms with Gasteiger partial charge in [0.15, 0.2) is 5.76 Å². The zero-order valence-electron chi connectivity index (χ0n) is 7.64. The lowest BCUT2D eigenvalue weighted by Gasteiger charge is -1.95. The molecule has 0 rings (SSSR count). The summed E-state index contributed by atoms with van der Waals surface area (Å²) in [5.74, 6) is 6.02. The van der Waals surface area contributed by atoms with Gasteiger partial charge in [0, 0.05) is 17.8 Å². The average molecular weight is 163 g/mol. The van der Waals surface area contributed by atoms with Crippen molar-refractivity contribution >= 4 is 0 Å². The third-order valence-electron chi connectivity index (χ3n) is 1.01. The average Bonchev–Trinajstić information content (AvgIpc) is 2.02. The zero-order valence-corrected chi connectivity index (χ0v) is 7.64. The number of nitrogens with two attached hydrogens (primary N) is 1. The molecule has 0 heterocycles. The van der Waals surface area contributed by atoms with Gasteiger partial charge >= 0.3 is 0 Å². The summed E-state index contributed by atoms with van der Waals surface area (Å²) in [5, 5.41) is 0. The van der Waals surface area contributed by atoms with Crippen LogP contribution in [0, 0.1) is 11.8 Å². The second kappa shape index (κ2) is 6.15. The van der Waals surface area contributed by atoms with Crippen LogP contribution in [0.15, 0.2) is 29.3 Å². The highest BCUT2D eigenvalue weighted by atomic mass is 16.5. The SMILES string of the molecule is CC#CC=C=C(C=C(C)N)OC. The predicted octanol–water partition coefficient (Wildman–Crippen LogP) is 1.56. The van der Waals surface area contributed by atoms with Crippen molar-refractivity contribution in [1.29, 1.82) is 0 Å². The Kier molecular flexibility index (Phi) is 5.34. The van der Waals surface area contributed by atoms with Gasteiger partial charge < -0.3 is 10.5 Å². The first kappa shape index (κ1) is 10.4. The van der Waals surface area contributed by atoms with Crippen molar-refractivity contribution in [3.63, 3.8) is 0 Å². The first-order chi connectivity index (χ1) is 5.70. The fraction of sp³-hybridized carbons (Fsp3) is 0.300. The summed E-state index contributed by atoms with van der Waals surface area (Å²) in [5.41, 5.74) is 8.96. The molecule has 2 nitrogen and oxygen atoms in total. The lowest BCUT2D eigenvalue weighted by molar-refractivity contribution is 0.307. The highest BCUT2D eigenvalue weighted by molar-refractivity contribution is 5.20. The summed E-state index contributed by atoms with van der Waals surface area (Å²) in [7, 11) is 1.56. The number of hydrogen-bond acceptors (Lipinski definition) is 2. The molecule has 64 valence electrons. The molecule has 0 aromatic heterocycles. The molecule has 2 heteroatoms. The van der Waals surface area contributed by atoms with E-state index in [9.17, 15) is 0 Å². The second-order valence-corrected chi connectivity index (χ2v) is 2.14. The first-order valence-corrected chi connectivity index (χ1v) is 3.56. The normalized spacial score (nSPS) is 9.08. The van der Waals surface area contributed by atoms with Crippen LogP contribution in [-0.2, 0) is 4.74 Å². The number of ether oxygens (including phenoxy) is 1. The quantitative estimate of drug-likeness (QED) is 0.290. The van der Waals surface area contributed by atoms with Crippen LogP contribution >= 0.6 is 0 Å². The van der Waals surface area contributed by atoms with Gasteiger partial charge in [-0.1, -0.05) is 11.7 Å². The van der Waals surface area contributed by atoms with E-state index >= 15 is 0 Å². The minimum atomic E-state index is 0.581. The molecule has 12 heavy (non-hydrogen) atoms. The van der Waals surface area contributed by atoms with Gasteiger partial charge in [-0.2, -0.15) is 0 Å². The Balaban J connectivity index is 4.62. The van der Waals surface area contributed by atoms with Crippen LogP contribution in [0.2, 0.25) is 0 Å². The van der Waals surface area contributed by atoms with Crippen LogP contribution in [0.5, 0.6) is 0 Å². The Labute approximate surface area is 73.4 Å². The zero-order chi connectivity index (χ0) is 9.40. The lowest BCUT2D eigenvalue weighted by Crippen LogP contribution is -1.91. The Hall–Kier alpha value is -1.58. The topological polar surface area (TPSA) is 35.2 Å². The highest BCUT2D eigenvalue weighted by Gasteiger charge is 1.86. The second-order valence-electron chi connectivity index (χ2n) is 2.14. The molecule has 2 N–H and O–H groups in total. The molecule has 0 aliphatic heterocycles. The molecule has 0 fully saturated rings. The largest absolute Gasteiger partial charge is 0.489 e. The molecular formula is C10H13NO. The van der Waals surface area contributed by atoms with Crippen molar-refractivity contribution in [3.05, 3.63) is 29.3 Å². The van der Waals surface area contributed by atoms with Gasteiger partial charge in [0.2, 0.25) is 0 Å². The molecule has 0 saturated carbocycles. The number of rotatable bonds is 2. The van der Waals surface area contributed by atoms with E-state index < -0.39 is 0 Å². The van der Waals surface area contributed by atoms with Crippen molar-refractivity contribution in [2.45, 2.75) is 13.8 Å². The van der Waals surface area contributed by atoms with E-state index in [4.69, 9.17) is 10.5 Å². The van der Waals surface area contributed by atoms with Crippen LogP contribution < -0.4 is 5.73 Å². The van der Waals surface area contributed by atoms with Crippen molar-refractivity contribution in [2.75, 3.05) is 7.11 Å². The summed E-state index contributed by atoms with van der Waals surface area (Å²) in [6.07, 6.45) is 3.28. The van der Waals surface area contributed by atoms with Gasteiger partial charge in [-0.15, -0.1) is 5.92 Å². The highest BCUT2D eigenvalue weighted by Crippen LogP contribution is 1.96. The van der Waals surface area contributed by atoms with Crippen LogP contribution in [0.3, 0.4) is 0 Å². The Morgan fingerprint density at radius 2 is 2.17 bits per heavy atom. The standard InChI is InChI=1S/C10H13NO/c1-4-5-6-7-10(12-3)8-9(2)11/h6,8H,11H2,1-3H3. The Morgan fingerprint density at radius 3 is 2.58 bits per heavy atom. The van der Waals surface area contributed by atoms with Crippen molar-refractivity contribution in [3.8, 4) is 11.8 Å². The molecule has 0 unspecified atom stereocenters. The van der Waals surface area contributed by atoms with Gasteiger partial charge in [0.05, 0.1) is 7.11 Å². The number of methoxy groups -OCH3 is 1. The third-order valence-corrected chi connectivity index (χ3v) is 1.01. The number of hydrogen-bond donors (Lipinski definition) is 1. The molecule has 0 spiro atoms. The molecule has 0 amide bonds. The third kappa shape index (κ3) is 5.22. The van der Waals surface area contributed by atoms with E-state index in [1.807, 2.05) is 0 Å². The minimum absolute atomic E-state index is 0.581. The van der Waals surface area contributed by atoms with E-state index in [-0.39, 0.29) is 0 Å². The van der Waals surface area contributed by atoms with Gasteiger partial charge in [-0.25, -0.2) is 0 Å². The summed E-state index contributed by atoms with van der Waals surface area (Å²) in [6.45, 7) is 3.54. The lowest BCUT2D eigenvalue weighted by atomic mass is 10.4. The molecule has 0 aliphatic rings. The summed E-state index contributed by atoms with van der Waals surface area (Å²) >= 11 is 0. The monoisotopic (exact) mass is 163 g/mol. The maximum absolute atomic E-state index is 5.44. The molecule has 0 aliphatic carbocycles. The molecule has 0 saturated heterocycles. The van der Waals surface area contributed by atoms with E-state index in [0.717, 1.165) is 0 Å². The van der Waals surface area contributed by atoms with Crippen molar-refractivity contribution in [2.24, 2.45) is 5.73 Å². The Bertz CT molecular complexity index is 279. The molecule has 0 radical (unpaired) electrons. The number of allylic oxidation sites excluding steroid dienone is 2. The van der Waals surface area contributed by atoms with Crippen LogP contribution in [0.25, 0.3) is 0 Å². The smallest absolute Gasteiger partial charge is 0.164 e. The van der Waals surface area contributed by atoms with E-state index in [0.29, 0.717) is 11.5 Å². The predicted molar refractivity (Wildman–Crippen MR) is 50.0 cm³/mol. The Morgan fingerprint density at radius 1 is 1.50 bits per heavy atom. The van der Waals surface area contributed by atoms with E-state index in [1.165, 1.54) is 0 Å². The van der Waals surface area contributed by atoms with Crippen LogP contribution in [-0.4, -0.2) is 7.11 Å². The molecule has 0 bridgehead atoms. The van der Waals surface area contributed by atoms with E-state index in [1.54, 1.807) is 33.1 Å². The van der Waals surface area contributed by atoms with E-state index in [2.05, 4.69) is 17.6 Å². The van der Waals surface area contributed by atoms with Gasteiger partial charge in [0.1, 0.15) is 0 Å². The van der Waals surface area contributed by atoms with Gasteiger partial charge in [0.25, 0.3) is 0 Å². The van der Waals surface area contributed by atoms with Crippen LogP contribution in [0.1, 0.15) is 13.8 Å². The fourth-order valence-electron chi connectivity index (χ4n) is 0.546. The minimum Gasteiger partial charge on any atom is -0.489 e. The van der Waals surface area contributed by atoms with Crippen molar-refractivity contribution < 1.29 is 4.74 Å².